The SMILES string of the molecule is OC(O)C(COc1c[c]ccc1)C(O)O. The molecule has 1 radical (unpaired) electrons. The molecule has 0 aromatic heterocycles. The first kappa shape index (κ1) is 11.9. The lowest BCUT2D eigenvalue weighted by molar-refractivity contribution is -0.185. The Balaban J connectivity index is 2.47. The summed E-state index contributed by atoms with van der Waals surface area (Å²) in [6, 6.07) is 9.37. The van der Waals surface area contributed by atoms with Crippen LogP contribution in [0.1, 0.15) is 0 Å². The average Bonchev–Trinajstić information content (AvgIpc) is 2.18. The third-order valence-corrected chi connectivity index (χ3v) is 1.89. The fourth-order valence-corrected chi connectivity index (χ4v) is 0.985. The molecule has 0 spiro atoms. The molecule has 1 rings (SSSR count). The summed E-state index contributed by atoms with van der Waals surface area (Å²) < 4.78 is 5.12. The maximum Gasteiger partial charge on any atom is 0.162 e. The van der Waals surface area contributed by atoms with Crippen LogP contribution in [0.15, 0.2) is 24.3 Å². The first-order valence-corrected chi connectivity index (χ1v) is 4.42. The van der Waals surface area contributed by atoms with Crippen molar-refractivity contribution in [3.63, 3.8) is 0 Å². The number of aliphatic hydroxyl groups is 4. The monoisotopic (exact) mass is 213 g/mol. The lowest BCUT2D eigenvalue weighted by Crippen LogP contribution is -2.36. The van der Waals surface area contributed by atoms with E-state index in [9.17, 15) is 0 Å². The summed E-state index contributed by atoms with van der Waals surface area (Å²) in [5.74, 6) is -0.686. The Bertz CT molecular complexity index is 264. The van der Waals surface area contributed by atoms with Crippen molar-refractivity contribution in [3.05, 3.63) is 30.3 Å². The number of benzene rings is 1. The van der Waals surface area contributed by atoms with Crippen LogP contribution in [0.3, 0.4) is 0 Å². The van der Waals surface area contributed by atoms with E-state index in [-0.39, 0.29) is 6.61 Å². The molecule has 0 unspecified atom stereocenters. The molecule has 5 nitrogen and oxygen atoms in total. The minimum Gasteiger partial charge on any atom is -0.493 e. The molecule has 0 aliphatic heterocycles. The van der Waals surface area contributed by atoms with E-state index < -0.39 is 18.5 Å². The molecule has 0 bridgehead atoms. The largest absolute Gasteiger partial charge is 0.493 e. The van der Waals surface area contributed by atoms with Crippen LogP contribution < -0.4 is 4.74 Å². The first-order valence-electron chi connectivity index (χ1n) is 4.42. The zero-order valence-electron chi connectivity index (χ0n) is 7.95. The van der Waals surface area contributed by atoms with Gasteiger partial charge in [0.25, 0.3) is 0 Å². The highest BCUT2D eigenvalue weighted by Crippen LogP contribution is 2.12. The van der Waals surface area contributed by atoms with Gasteiger partial charge in [0.15, 0.2) is 12.6 Å². The maximum atomic E-state index is 8.81. The van der Waals surface area contributed by atoms with Gasteiger partial charge in [-0.3, -0.25) is 0 Å². The molecule has 0 saturated carbocycles. The van der Waals surface area contributed by atoms with Crippen molar-refractivity contribution in [1.29, 1.82) is 0 Å². The molecule has 0 fully saturated rings. The van der Waals surface area contributed by atoms with Gasteiger partial charge in [0.1, 0.15) is 12.4 Å². The molecule has 0 atom stereocenters. The van der Waals surface area contributed by atoms with Crippen LogP contribution in [0.2, 0.25) is 0 Å². The summed E-state index contributed by atoms with van der Waals surface area (Å²) in [6.45, 7) is -0.201. The molecule has 5 heteroatoms. The van der Waals surface area contributed by atoms with E-state index in [1.165, 1.54) is 0 Å². The second-order valence-corrected chi connectivity index (χ2v) is 3.04. The molecule has 4 N–H and O–H groups in total. The van der Waals surface area contributed by atoms with Crippen LogP contribution in [0, 0.1) is 12.0 Å². The van der Waals surface area contributed by atoms with Gasteiger partial charge in [0.2, 0.25) is 0 Å². The number of hydrogen-bond acceptors (Lipinski definition) is 5. The van der Waals surface area contributed by atoms with Gasteiger partial charge in [-0.1, -0.05) is 12.1 Å². The van der Waals surface area contributed by atoms with Crippen LogP contribution in [0.4, 0.5) is 0 Å². The summed E-state index contributed by atoms with van der Waals surface area (Å²) in [7, 11) is 0. The fourth-order valence-electron chi connectivity index (χ4n) is 0.985. The van der Waals surface area contributed by atoms with Crippen LogP contribution in [0.5, 0.6) is 5.75 Å². The van der Waals surface area contributed by atoms with E-state index in [0.29, 0.717) is 5.75 Å². The second-order valence-electron chi connectivity index (χ2n) is 3.04. The van der Waals surface area contributed by atoms with E-state index in [0.717, 1.165) is 0 Å². The average molecular weight is 213 g/mol. The quantitative estimate of drug-likeness (QED) is 0.476. The number of aliphatic hydroxyl groups excluding tert-OH is 2. The summed E-state index contributed by atoms with van der Waals surface area (Å²) in [5, 5.41) is 35.2. The van der Waals surface area contributed by atoms with Gasteiger partial charge in [0.05, 0.1) is 5.92 Å². The van der Waals surface area contributed by atoms with E-state index in [4.69, 9.17) is 25.2 Å². The zero-order chi connectivity index (χ0) is 11.3. The summed E-state index contributed by atoms with van der Waals surface area (Å²) in [6.07, 6.45) is -3.67. The van der Waals surface area contributed by atoms with Gasteiger partial charge >= 0.3 is 0 Å². The Labute approximate surface area is 87.2 Å². The third-order valence-electron chi connectivity index (χ3n) is 1.89. The van der Waals surface area contributed by atoms with E-state index >= 15 is 0 Å². The van der Waals surface area contributed by atoms with Crippen molar-refractivity contribution in [1.82, 2.24) is 0 Å². The van der Waals surface area contributed by atoms with Crippen LogP contribution >= 0.6 is 0 Å². The summed E-state index contributed by atoms with van der Waals surface area (Å²) in [5.41, 5.74) is 0. The smallest absolute Gasteiger partial charge is 0.162 e. The highest BCUT2D eigenvalue weighted by Gasteiger charge is 2.24. The molecule has 0 aliphatic carbocycles. The summed E-state index contributed by atoms with van der Waals surface area (Å²) in [4.78, 5) is 0. The molecule has 0 heterocycles. The lowest BCUT2D eigenvalue weighted by Gasteiger charge is -2.20. The van der Waals surface area contributed by atoms with Crippen LogP contribution in [-0.4, -0.2) is 39.6 Å². The van der Waals surface area contributed by atoms with Gasteiger partial charge in [-0.2, -0.15) is 0 Å². The van der Waals surface area contributed by atoms with Gasteiger partial charge in [0, 0.05) is 0 Å². The van der Waals surface area contributed by atoms with E-state index in [1.807, 2.05) is 0 Å². The molecule has 0 aliphatic rings. The van der Waals surface area contributed by atoms with E-state index in [1.54, 1.807) is 24.3 Å². The van der Waals surface area contributed by atoms with Crippen molar-refractivity contribution >= 4 is 0 Å². The van der Waals surface area contributed by atoms with Gasteiger partial charge in [-0.05, 0) is 18.2 Å². The molecule has 15 heavy (non-hydrogen) atoms. The van der Waals surface area contributed by atoms with Crippen LogP contribution in [0.25, 0.3) is 0 Å². The predicted molar refractivity (Wildman–Crippen MR) is 50.7 cm³/mol. The Kier molecular flexibility index (Phi) is 4.51. The normalized spacial score (nSPS) is 11.4. The third kappa shape index (κ3) is 3.85. The van der Waals surface area contributed by atoms with Crippen molar-refractivity contribution in [2.75, 3.05) is 6.61 Å². The Morgan fingerprint density at radius 1 is 1.20 bits per heavy atom. The Morgan fingerprint density at radius 2 is 1.87 bits per heavy atom. The Hall–Kier alpha value is -1.14. The van der Waals surface area contributed by atoms with Crippen molar-refractivity contribution < 1.29 is 25.2 Å². The van der Waals surface area contributed by atoms with E-state index in [2.05, 4.69) is 6.07 Å². The molecule has 0 saturated heterocycles. The van der Waals surface area contributed by atoms with Crippen molar-refractivity contribution in [3.8, 4) is 5.75 Å². The standard InChI is InChI=1S/C10H13O5/c11-9(12)8(10(13)14)6-15-7-4-2-1-3-5-7/h1-2,4-5,8-14H,6H2. The zero-order valence-corrected chi connectivity index (χ0v) is 7.95. The second kappa shape index (κ2) is 5.67. The minimum absolute atomic E-state index is 0.201. The molecule has 1 aromatic carbocycles. The first-order chi connectivity index (χ1) is 7.11. The number of ether oxygens (including phenoxy) is 1. The van der Waals surface area contributed by atoms with Crippen molar-refractivity contribution in [2.24, 2.45) is 5.92 Å². The fraction of sp³-hybridized carbons (Fsp3) is 0.400. The lowest BCUT2D eigenvalue weighted by atomic mass is 10.1. The predicted octanol–water partition coefficient (Wildman–Crippen LogP) is -0.897. The molecular formula is C10H13O5. The topological polar surface area (TPSA) is 90.2 Å². The van der Waals surface area contributed by atoms with Gasteiger partial charge < -0.3 is 25.2 Å². The molecule has 0 amide bonds. The molecule has 83 valence electrons. The number of hydrogen-bond donors (Lipinski definition) is 4. The Morgan fingerprint density at radius 3 is 2.33 bits per heavy atom. The van der Waals surface area contributed by atoms with Gasteiger partial charge in [-0.15, -0.1) is 0 Å². The highest BCUT2D eigenvalue weighted by atomic mass is 16.5. The number of rotatable bonds is 5. The van der Waals surface area contributed by atoms with Crippen molar-refractivity contribution in [2.45, 2.75) is 12.6 Å². The van der Waals surface area contributed by atoms with Crippen LogP contribution in [-0.2, 0) is 0 Å². The van der Waals surface area contributed by atoms with Gasteiger partial charge in [-0.25, -0.2) is 0 Å². The summed E-state index contributed by atoms with van der Waals surface area (Å²) >= 11 is 0. The minimum atomic E-state index is -1.84. The molecular weight excluding hydrogens is 200 g/mol. The maximum absolute atomic E-state index is 8.81. The highest BCUT2D eigenvalue weighted by molar-refractivity contribution is 5.19. The molecule has 1 aromatic rings.